The Hall–Kier alpha value is -1.09. The lowest BCUT2D eigenvalue weighted by molar-refractivity contribution is -0.272. The first-order valence-electron chi connectivity index (χ1n) is 9.31. The van der Waals surface area contributed by atoms with E-state index >= 15 is 0 Å². The highest BCUT2D eigenvalue weighted by Gasteiger charge is 2.41. The van der Waals surface area contributed by atoms with Crippen molar-refractivity contribution in [3.63, 3.8) is 0 Å². The van der Waals surface area contributed by atoms with Crippen LogP contribution < -0.4 is 11.5 Å². The van der Waals surface area contributed by atoms with Gasteiger partial charge in [0.15, 0.2) is 6.29 Å². The van der Waals surface area contributed by atoms with Crippen molar-refractivity contribution < 1.29 is 23.7 Å². The SMILES string of the molecule is NCC1O[C@H](O[C@@H]2CCC(N)CC2O)CC(F)[C@@H]1OCc1ccccc1. The molecule has 146 valence electrons. The Morgan fingerprint density at radius 1 is 1.19 bits per heavy atom. The zero-order valence-corrected chi connectivity index (χ0v) is 14.9. The zero-order valence-electron chi connectivity index (χ0n) is 14.9. The van der Waals surface area contributed by atoms with Crippen LogP contribution in [0.5, 0.6) is 0 Å². The molecule has 1 aliphatic carbocycles. The fourth-order valence-electron chi connectivity index (χ4n) is 3.64. The van der Waals surface area contributed by atoms with E-state index in [1.165, 1.54) is 0 Å². The number of halogens is 1. The Labute approximate surface area is 153 Å². The fourth-order valence-corrected chi connectivity index (χ4v) is 3.64. The Morgan fingerprint density at radius 3 is 2.65 bits per heavy atom. The first-order chi connectivity index (χ1) is 12.6. The predicted molar refractivity (Wildman–Crippen MR) is 95.0 cm³/mol. The molecular weight excluding hydrogens is 339 g/mol. The van der Waals surface area contributed by atoms with Crippen molar-refractivity contribution in [1.82, 2.24) is 0 Å². The van der Waals surface area contributed by atoms with Crippen molar-refractivity contribution in [2.75, 3.05) is 6.54 Å². The van der Waals surface area contributed by atoms with Gasteiger partial charge in [0.25, 0.3) is 0 Å². The van der Waals surface area contributed by atoms with E-state index in [0.29, 0.717) is 19.4 Å². The van der Waals surface area contributed by atoms with Gasteiger partial charge >= 0.3 is 0 Å². The summed E-state index contributed by atoms with van der Waals surface area (Å²) in [5.41, 5.74) is 12.6. The van der Waals surface area contributed by atoms with Gasteiger partial charge in [0.05, 0.1) is 18.8 Å². The van der Waals surface area contributed by atoms with E-state index in [1.54, 1.807) is 0 Å². The number of benzene rings is 1. The lowest BCUT2D eigenvalue weighted by Crippen LogP contribution is -2.53. The van der Waals surface area contributed by atoms with Crippen molar-refractivity contribution in [3.8, 4) is 0 Å². The van der Waals surface area contributed by atoms with Gasteiger partial charge < -0.3 is 30.8 Å². The average molecular weight is 368 g/mol. The topological polar surface area (TPSA) is 100.0 Å². The highest BCUT2D eigenvalue weighted by molar-refractivity contribution is 5.13. The maximum absolute atomic E-state index is 14.7. The maximum atomic E-state index is 14.7. The second kappa shape index (κ2) is 9.21. The molecule has 26 heavy (non-hydrogen) atoms. The van der Waals surface area contributed by atoms with Crippen LogP contribution in [0.1, 0.15) is 31.2 Å². The van der Waals surface area contributed by atoms with Gasteiger partial charge in [-0.3, -0.25) is 0 Å². The minimum atomic E-state index is -1.24. The van der Waals surface area contributed by atoms with E-state index in [9.17, 15) is 9.50 Å². The van der Waals surface area contributed by atoms with Gasteiger partial charge in [-0.25, -0.2) is 4.39 Å². The number of rotatable bonds is 6. The Bertz CT molecular complexity index is 550. The van der Waals surface area contributed by atoms with Crippen LogP contribution in [0, 0.1) is 0 Å². The highest BCUT2D eigenvalue weighted by atomic mass is 19.1. The van der Waals surface area contributed by atoms with Crippen LogP contribution in [0.15, 0.2) is 30.3 Å². The number of aliphatic hydroxyl groups excluding tert-OH is 1. The molecule has 5 N–H and O–H groups in total. The lowest BCUT2D eigenvalue weighted by Gasteiger charge is -2.40. The van der Waals surface area contributed by atoms with Crippen LogP contribution in [-0.2, 0) is 20.8 Å². The lowest BCUT2D eigenvalue weighted by atomic mass is 9.91. The molecule has 0 aromatic heterocycles. The molecule has 1 aromatic carbocycles. The van der Waals surface area contributed by atoms with Gasteiger partial charge in [-0.2, -0.15) is 0 Å². The monoisotopic (exact) mass is 368 g/mol. The van der Waals surface area contributed by atoms with Crippen LogP contribution in [0.25, 0.3) is 0 Å². The van der Waals surface area contributed by atoms with Crippen LogP contribution in [-0.4, -0.2) is 54.6 Å². The first-order valence-corrected chi connectivity index (χ1v) is 9.31. The maximum Gasteiger partial charge on any atom is 0.161 e. The molecule has 6 nitrogen and oxygen atoms in total. The molecule has 1 saturated heterocycles. The van der Waals surface area contributed by atoms with E-state index in [4.69, 9.17) is 25.7 Å². The first kappa shape index (κ1) is 19.7. The molecule has 7 atom stereocenters. The molecule has 0 spiro atoms. The number of hydrogen-bond acceptors (Lipinski definition) is 6. The molecular formula is C19H29FN2O4. The van der Waals surface area contributed by atoms with Crippen LogP contribution >= 0.6 is 0 Å². The molecule has 2 aliphatic rings. The highest BCUT2D eigenvalue weighted by Crippen LogP contribution is 2.30. The summed E-state index contributed by atoms with van der Waals surface area (Å²) < 4.78 is 32.1. The van der Waals surface area contributed by atoms with Gasteiger partial charge in [-0.15, -0.1) is 0 Å². The number of alkyl halides is 1. The summed E-state index contributed by atoms with van der Waals surface area (Å²) >= 11 is 0. The molecule has 3 rings (SSSR count). The predicted octanol–water partition coefficient (Wildman–Crippen LogP) is 1.24. The number of nitrogens with two attached hydrogens (primary N) is 2. The summed E-state index contributed by atoms with van der Waals surface area (Å²) in [6.45, 7) is 0.439. The molecule has 1 heterocycles. The third kappa shape index (κ3) is 5.00. The van der Waals surface area contributed by atoms with Crippen molar-refractivity contribution in [3.05, 3.63) is 35.9 Å². The minimum Gasteiger partial charge on any atom is -0.390 e. The van der Waals surface area contributed by atoms with Crippen molar-refractivity contribution in [2.45, 2.75) is 75.2 Å². The Kier molecular flexibility index (Phi) is 6.97. The smallest absolute Gasteiger partial charge is 0.161 e. The van der Waals surface area contributed by atoms with Crippen molar-refractivity contribution in [1.29, 1.82) is 0 Å². The summed E-state index contributed by atoms with van der Waals surface area (Å²) in [6, 6.07) is 9.58. The number of ether oxygens (including phenoxy) is 3. The van der Waals surface area contributed by atoms with E-state index in [1.807, 2.05) is 30.3 Å². The molecule has 1 aliphatic heterocycles. The molecule has 1 aromatic rings. The molecule has 0 bridgehead atoms. The summed E-state index contributed by atoms with van der Waals surface area (Å²) in [5.74, 6) is 0. The normalized spacial score (nSPS) is 38.2. The summed E-state index contributed by atoms with van der Waals surface area (Å²) in [7, 11) is 0. The molecule has 1 saturated carbocycles. The van der Waals surface area contributed by atoms with E-state index in [2.05, 4.69) is 0 Å². The number of aliphatic hydroxyl groups is 1. The van der Waals surface area contributed by atoms with Crippen molar-refractivity contribution in [2.24, 2.45) is 11.5 Å². The molecule has 2 fully saturated rings. The standard InChI is InChI=1S/C19H29FN2O4/c20-14-9-18(25-16-7-6-13(22)8-15(16)23)26-17(10-21)19(14)24-11-12-4-2-1-3-5-12/h1-5,13-19,23H,6-11,21-22H2/t13?,14?,15?,16-,17?,18+,19+/m1/s1. The van der Waals surface area contributed by atoms with Crippen LogP contribution in [0.3, 0.4) is 0 Å². The summed E-state index contributed by atoms with van der Waals surface area (Å²) in [6.07, 6.45) is -2.36. The molecule has 7 heteroatoms. The third-order valence-electron chi connectivity index (χ3n) is 5.11. The second-order valence-corrected chi connectivity index (χ2v) is 7.17. The quantitative estimate of drug-likeness (QED) is 0.699. The summed E-state index contributed by atoms with van der Waals surface area (Å²) in [4.78, 5) is 0. The van der Waals surface area contributed by atoms with Gasteiger partial charge in [0.1, 0.15) is 18.4 Å². The van der Waals surface area contributed by atoms with Crippen LogP contribution in [0.2, 0.25) is 0 Å². The fraction of sp³-hybridized carbons (Fsp3) is 0.684. The Morgan fingerprint density at radius 2 is 1.96 bits per heavy atom. The van der Waals surface area contributed by atoms with Gasteiger partial charge in [0, 0.05) is 19.0 Å². The summed E-state index contributed by atoms with van der Waals surface area (Å²) in [5, 5.41) is 10.1. The average Bonchev–Trinajstić information content (AvgIpc) is 2.63. The number of hydrogen-bond donors (Lipinski definition) is 3. The van der Waals surface area contributed by atoms with E-state index in [0.717, 1.165) is 12.0 Å². The van der Waals surface area contributed by atoms with E-state index in [-0.39, 0.29) is 25.1 Å². The zero-order chi connectivity index (χ0) is 18.5. The molecule has 4 unspecified atom stereocenters. The second-order valence-electron chi connectivity index (χ2n) is 7.17. The largest absolute Gasteiger partial charge is 0.390 e. The van der Waals surface area contributed by atoms with Gasteiger partial charge in [-0.05, 0) is 24.8 Å². The van der Waals surface area contributed by atoms with Crippen LogP contribution in [0.4, 0.5) is 4.39 Å². The van der Waals surface area contributed by atoms with Crippen molar-refractivity contribution >= 4 is 0 Å². The molecule has 0 amide bonds. The van der Waals surface area contributed by atoms with Gasteiger partial charge in [0.2, 0.25) is 0 Å². The Balaban J connectivity index is 1.54. The van der Waals surface area contributed by atoms with Gasteiger partial charge in [-0.1, -0.05) is 30.3 Å². The third-order valence-corrected chi connectivity index (χ3v) is 5.11. The molecule has 0 radical (unpaired) electrons. The minimum absolute atomic E-state index is 0.0152. The van der Waals surface area contributed by atoms with E-state index < -0.39 is 30.8 Å².